The molecular weight excluding hydrogens is 444 g/mol. The molecular formula is C27H34N4O4. The van der Waals surface area contributed by atoms with Crippen molar-refractivity contribution in [2.45, 2.75) is 63.6 Å². The van der Waals surface area contributed by atoms with E-state index in [2.05, 4.69) is 10.6 Å². The Balaban J connectivity index is 1.56. The van der Waals surface area contributed by atoms with Crippen molar-refractivity contribution < 1.29 is 19.4 Å². The number of carbonyl (C=O) groups excluding carboxylic acids is 2. The van der Waals surface area contributed by atoms with Gasteiger partial charge in [0.25, 0.3) is 5.91 Å². The molecule has 4 N–H and O–H groups in total. The zero-order valence-electron chi connectivity index (χ0n) is 20.3. The average molecular weight is 479 g/mol. The second kappa shape index (κ2) is 10.5. The fourth-order valence-electron chi connectivity index (χ4n) is 5.05. The van der Waals surface area contributed by atoms with E-state index in [-0.39, 0.29) is 43.3 Å². The number of aliphatic hydroxyl groups is 1. The third-order valence-electron chi connectivity index (χ3n) is 7.25. The van der Waals surface area contributed by atoms with E-state index in [1.165, 1.54) is 4.90 Å². The van der Waals surface area contributed by atoms with Crippen LogP contribution in [-0.4, -0.2) is 46.5 Å². The first-order chi connectivity index (χ1) is 16.9. The summed E-state index contributed by atoms with van der Waals surface area (Å²) in [6, 6.07) is 14.1. The number of amides is 2. The van der Waals surface area contributed by atoms with Crippen LogP contribution in [0.3, 0.4) is 0 Å². The van der Waals surface area contributed by atoms with Crippen molar-refractivity contribution in [2.75, 3.05) is 13.2 Å². The molecule has 4 rings (SSSR count). The van der Waals surface area contributed by atoms with Crippen LogP contribution in [0.4, 0.5) is 0 Å². The predicted molar refractivity (Wildman–Crippen MR) is 133 cm³/mol. The summed E-state index contributed by atoms with van der Waals surface area (Å²) in [4.78, 5) is 27.8. The van der Waals surface area contributed by atoms with Crippen molar-refractivity contribution in [3.8, 4) is 5.75 Å². The number of aliphatic hydroxyl groups excluding tert-OH is 1. The van der Waals surface area contributed by atoms with Gasteiger partial charge >= 0.3 is 0 Å². The van der Waals surface area contributed by atoms with Crippen LogP contribution in [0.5, 0.6) is 5.75 Å². The van der Waals surface area contributed by atoms with Crippen molar-refractivity contribution in [1.82, 2.24) is 15.5 Å². The molecule has 2 aromatic carbocycles. The molecule has 0 bridgehead atoms. The lowest BCUT2D eigenvalue weighted by atomic mass is 9.86. The van der Waals surface area contributed by atoms with Crippen LogP contribution in [0.1, 0.15) is 79.5 Å². The third-order valence-corrected chi connectivity index (χ3v) is 7.25. The molecule has 186 valence electrons. The molecule has 0 aromatic heterocycles. The maximum atomic E-state index is 13.2. The number of fused-ring (bicyclic) bond motifs is 1. The minimum Gasteiger partial charge on any atom is -0.493 e. The highest BCUT2D eigenvalue weighted by atomic mass is 16.5. The van der Waals surface area contributed by atoms with Crippen molar-refractivity contribution in [2.24, 2.45) is 0 Å². The molecule has 0 radical (unpaired) electrons. The van der Waals surface area contributed by atoms with Gasteiger partial charge in [-0.3, -0.25) is 19.9 Å². The number of guanidine groups is 1. The summed E-state index contributed by atoms with van der Waals surface area (Å²) in [7, 11) is 0. The molecule has 8 heteroatoms. The highest BCUT2D eigenvalue weighted by molar-refractivity contribution is 6.00. The van der Waals surface area contributed by atoms with Crippen molar-refractivity contribution in [1.29, 1.82) is 5.41 Å². The zero-order valence-corrected chi connectivity index (χ0v) is 20.3. The number of rotatable bonds is 8. The SMILES string of the molecule is CCC1(CC)CC(=O)N([C@H](CCO)c2cccc(C(=O)N[C@H]3CCOc4ccccc43)c2)C(=N)N1. The molecule has 0 saturated carbocycles. The van der Waals surface area contributed by atoms with Crippen LogP contribution in [0.25, 0.3) is 0 Å². The van der Waals surface area contributed by atoms with E-state index in [1.54, 1.807) is 18.2 Å². The van der Waals surface area contributed by atoms with Gasteiger partial charge in [-0.15, -0.1) is 0 Å². The van der Waals surface area contributed by atoms with Gasteiger partial charge in [0.2, 0.25) is 5.91 Å². The highest BCUT2D eigenvalue weighted by Crippen LogP contribution is 2.34. The van der Waals surface area contributed by atoms with Gasteiger partial charge < -0.3 is 20.5 Å². The standard InChI is InChI=1S/C27H34N4O4/c1-3-27(4-2)17-24(33)31(26(28)30-27)22(12-14-32)18-8-7-9-19(16-18)25(34)29-21-13-15-35-23-11-6-5-10-20(21)23/h5-11,16,21-22,32H,3-4,12-15,17H2,1-2H3,(H2,28,30)(H,29,34)/t21-,22+/m0/s1. The molecule has 2 aliphatic heterocycles. The Hall–Kier alpha value is -3.39. The molecule has 8 nitrogen and oxygen atoms in total. The molecule has 2 amide bonds. The monoisotopic (exact) mass is 478 g/mol. The Kier molecular flexibility index (Phi) is 7.40. The van der Waals surface area contributed by atoms with Gasteiger partial charge in [-0.05, 0) is 43.0 Å². The maximum absolute atomic E-state index is 13.2. The van der Waals surface area contributed by atoms with E-state index in [0.29, 0.717) is 24.2 Å². The molecule has 2 aromatic rings. The van der Waals surface area contributed by atoms with Gasteiger partial charge in [-0.1, -0.05) is 44.2 Å². The predicted octanol–water partition coefficient (Wildman–Crippen LogP) is 3.68. The largest absolute Gasteiger partial charge is 0.493 e. The average Bonchev–Trinajstić information content (AvgIpc) is 2.88. The first-order valence-corrected chi connectivity index (χ1v) is 12.3. The first-order valence-electron chi connectivity index (χ1n) is 12.3. The molecule has 1 saturated heterocycles. The number of benzene rings is 2. The molecule has 0 unspecified atom stereocenters. The van der Waals surface area contributed by atoms with Gasteiger partial charge in [-0.25, -0.2) is 0 Å². The lowest BCUT2D eigenvalue weighted by Gasteiger charge is -2.44. The number of ether oxygens (including phenoxy) is 1. The quantitative estimate of drug-likeness (QED) is 0.462. The normalized spacial score (nSPS) is 19.9. The van der Waals surface area contributed by atoms with Crippen LogP contribution in [0.2, 0.25) is 0 Å². The maximum Gasteiger partial charge on any atom is 0.251 e. The summed E-state index contributed by atoms with van der Waals surface area (Å²) < 4.78 is 5.70. The van der Waals surface area contributed by atoms with Crippen molar-refractivity contribution in [3.05, 3.63) is 65.2 Å². The number of hydrogen-bond acceptors (Lipinski definition) is 5. The molecule has 0 spiro atoms. The molecule has 1 fully saturated rings. The zero-order chi connectivity index (χ0) is 25.0. The fourth-order valence-corrected chi connectivity index (χ4v) is 5.05. The summed E-state index contributed by atoms with van der Waals surface area (Å²) in [5, 5.41) is 24.7. The smallest absolute Gasteiger partial charge is 0.251 e. The van der Waals surface area contributed by atoms with Crippen LogP contribution < -0.4 is 15.4 Å². The van der Waals surface area contributed by atoms with Crippen LogP contribution in [0, 0.1) is 5.41 Å². The Bertz CT molecular complexity index is 1080. The minimum absolute atomic E-state index is 0.0390. The molecule has 2 atom stereocenters. The van der Waals surface area contributed by atoms with E-state index in [9.17, 15) is 14.7 Å². The van der Waals surface area contributed by atoms with Gasteiger partial charge in [0, 0.05) is 29.7 Å². The van der Waals surface area contributed by atoms with Gasteiger partial charge in [0.1, 0.15) is 5.75 Å². The minimum atomic E-state index is -0.546. The second-order valence-electron chi connectivity index (χ2n) is 9.26. The molecule has 35 heavy (non-hydrogen) atoms. The van der Waals surface area contributed by atoms with Crippen LogP contribution in [-0.2, 0) is 4.79 Å². The lowest BCUT2D eigenvalue weighted by Crippen LogP contribution is -2.62. The molecule has 2 heterocycles. The summed E-state index contributed by atoms with van der Waals surface area (Å²) in [6.45, 7) is 4.40. The number of nitrogens with zero attached hydrogens (tertiary/aromatic N) is 1. The van der Waals surface area contributed by atoms with Gasteiger partial charge in [0.15, 0.2) is 5.96 Å². The Morgan fingerprint density at radius 3 is 2.74 bits per heavy atom. The summed E-state index contributed by atoms with van der Waals surface area (Å²) in [5.74, 6) is 0.456. The Labute approximate surface area is 206 Å². The Morgan fingerprint density at radius 1 is 1.26 bits per heavy atom. The number of carbonyl (C=O) groups is 2. The van der Waals surface area contributed by atoms with Crippen molar-refractivity contribution in [3.63, 3.8) is 0 Å². The number of para-hydroxylation sites is 1. The number of nitrogens with one attached hydrogen (secondary N) is 3. The summed E-state index contributed by atoms with van der Waals surface area (Å²) in [6.07, 6.45) is 2.70. The van der Waals surface area contributed by atoms with E-state index in [1.807, 2.05) is 44.2 Å². The molecule has 2 aliphatic rings. The van der Waals surface area contributed by atoms with E-state index < -0.39 is 11.6 Å². The van der Waals surface area contributed by atoms with E-state index in [4.69, 9.17) is 10.1 Å². The van der Waals surface area contributed by atoms with Crippen LogP contribution >= 0.6 is 0 Å². The lowest BCUT2D eigenvalue weighted by molar-refractivity contribution is -0.133. The first kappa shape index (κ1) is 24.7. The second-order valence-corrected chi connectivity index (χ2v) is 9.26. The number of hydrogen-bond donors (Lipinski definition) is 4. The Morgan fingerprint density at radius 2 is 2.03 bits per heavy atom. The molecule has 0 aliphatic carbocycles. The summed E-state index contributed by atoms with van der Waals surface area (Å²) in [5.41, 5.74) is 1.71. The topological polar surface area (TPSA) is 115 Å². The van der Waals surface area contributed by atoms with Gasteiger partial charge in [0.05, 0.1) is 25.1 Å². The summed E-state index contributed by atoms with van der Waals surface area (Å²) >= 11 is 0. The highest BCUT2D eigenvalue weighted by Gasteiger charge is 2.42. The van der Waals surface area contributed by atoms with Crippen LogP contribution in [0.15, 0.2) is 48.5 Å². The van der Waals surface area contributed by atoms with E-state index >= 15 is 0 Å². The van der Waals surface area contributed by atoms with E-state index in [0.717, 1.165) is 24.2 Å². The third kappa shape index (κ3) is 5.03. The van der Waals surface area contributed by atoms with Crippen molar-refractivity contribution >= 4 is 17.8 Å². The van der Waals surface area contributed by atoms with Gasteiger partial charge in [-0.2, -0.15) is 0 Å². The fraction of sp³-hybridized carbons (Fsp3) is 0.444.